The summed E-state index contributed by atoms with van der Waals surface area (Å²) >= 11 is 3.33. The summed E-state index contributed by atoms with van der Waals surface area (Å²) in [7, 11) is 0. The number of rotatable bonds is 10. The number of hydrogen-bond donors (Lipinski definition) is 4. The standard InChI is InChI=1S/C25H23FIN3O6S/c26-19-10-15(27)5-8-20(19)28-23(33)21(11-18-2-1-9-37-18)30-24(34)22(29-25(30)35)14-3-6-17(7-4-14)36-13-16(32)12-31/h1-10,16,21-22,31-32H,11-13H2,(H,28,33)(H,29,35)/t16-,21+,22-/m1/s1. The predicted octanol–water partition coefficient (Wildman–Crippen LogP) is 3.07. The lowest BCUT2D eigenvalue weighted by Crippen LogP contribution is -2.49. The number of amides is 4. The normalized spacial score (nSPS) is 16.9. The van der Waals surface area contributed by atoms with E-state index < -0.39 is 48.5 Å². The molecule has 1 aliphatic heterocycles. The molecule has 0 spiro atoms. The third-order valence-corrected chi connectivity index (χ3v) is 7.19. The molecule has 1 saturated heterocycles. The molecule has 3 atom stereocenters. The molecule has 0 aliphatic carbocycles. The number of thiophene rings is 1. The number of imide groups is 1. The lowest BCUT2D eigenvalue weighted by Gasteiger charge is -2.24. The number of urea groups is 1. The molecular weight excluding hydrogens is 616 g/mol. The van der Waals surface area contributed by atoms with Crippen LogP contribution in [0.1, 0.15) is 16.5 Å². The molecule has 1 fully saturated rings. The quantitative estimate of drug-likeness (QED) is 0.200. The minimum Gasteiger partial charge on any atom is -0.491 e. The van der Waals surface area contributed by atoms with Crippen LogP contribution < -0.4 is 15.4 Å². The largest absolute Gasteiger partial charge is 0.491 e. The molecule has 4 rings (SSSR count). The van der Waals surface area contributed by atoms with Crippen LogP contribution >= 0.6 is 33.9 Å². The maximum absolute atomic E-state index is 14.4. The van der Waals surface area contributed by atoms with Gasteiger partial charge in [-0.1, -0.05) is 18.2 Å². The molecule has 1 aromatic heterocycles. The van der Waals surface area contributed by atoms with Gasteiger partial charge in [0.2, 0.25) is 5.91 Å². The van der Waals surface area contributed by atoms with Crippen molar-refractivity contribution in [3.05, 3.63) is 79.8 Å². The Labute approximate surface area is 229 Å². The van der Waals surface area contributed by atoms with E-state index in [0.717, 1.165) is 9.78 Å². The summed E-state index contributed by atoms with van der Waals surface area (Å²) < 4.78 is 20.4. The Morgan fingerprint density at radius 1 is 1.22 bits per heavy atom. The zero-order chi connectivity index (χ0) is 26.5. The zero-order valence-electron chi connectivity index (χ0n) is 19.3. The van der Waals surface area contributed by atoms with Crippen molar-refractivity contribution in [1.29, 1.82) is 0 Å². The van der Waals surface area contributed by atoms with Crippen LogP contribution in [0.15, 0.2) is 60.0 Å². The van der Waals surface area contributed by atoms with E-state index in [2.05, 4.69) is 10.6 Å². The molecule has 9 nitrogen and oxygen atoms in total. The minimum atomic E-state index is -1.21. The van der Waals surface area contributed by atoms with Gasteiger partial charge in [0.15, 0.2) is 0 Å². The van der Waals surface area contributed by atoms with Crippen LogP contribution in [0.3, 0.4) is 0 Å². The van der Waals surface area contributed by atoms with Gasteiger partial charge in [-0.05, 0) is 69.9 Å². The zero-order valence-corrected chi connectivity index (χ0v) is 22.2. The first-order chi connectivity index (χ1) is 17.8. The van der Waals surface area contributed by atoms with E-state index >= 15 is 0 Å². The van der Waals surface area contributed by atoms with Crippen LogP contribution in [-0.4, -0.2) is 58.3 Å². The molecule has 0 saturated carbocycles. The van der Waals surface area contributed by atoms with Crippen LogP contribution in [0.4, 0.5) is 14.9 Å². The van der Waals surface area contributed by atoms with Crippen molar-refractivity contribution in [1.82, 2.24) is 10.2 Å². The van der Waals surface area contributed by atoms with E-state index in [0.29, 0.717) is 14.9 Å². The number of ether oxygens (including phenoxy) is 1. The molecule has 2 heterocycles. The number of carbonyl (C=O) groups excluding carboxylic acids is 3. The molecule has 3 aromatic rings. The van der Waals surface area contributed by atoms with Gasteiger partial charge in [-0.2, -0.15) is 0 Å². The average Bonchev–Trinajstić information content (AvgIpc) is 3.50. The Hall–Kier alpha value is -3.07. The van der Waals surface area contributed by atoms with Gasteiger partial charge in [0.25, 0.3) is 5.91 Å². The highest BCUT2D eigenvalue weighted by Crippen LogP contribution is 2.28. The summed E-state index contributed by atoms with van der Waals surface area (Å²) in [6.07, 6.45) is -0.954. The molecule has 37 heavy (non-hydrogen) atoms. The van der Waals surface area contributed by atoms with Gasteiger partial charge in [-0.15, -0.1) is 11.3 Å². The highest BCUT2D eigenvalue weighted by atomic mass is 127. The third kappa shape index (κ3) is 6.44. The SMILES string of the molecule is O=C(Nc1ccc(I)cc1F)[C@H](Cc1cccs1)N1C(=O)N[C@H](c2ccc(OC[C@H](O)CO)cc2)C1=O. The smallest absolute Gasteiger partial charge is 0.325 e. The van der Waals surface area contributed by atoms with Gasteiger partial charge in [-0.3, -0.25) is 9.59 Å². The maximum Gasteiger partial charge on any atom is 0.325 e. The molecule has 12 heteroatoms. The van der Waals surface area contributed by atoms with Crippen molar-refractivity contribution in [2.24, 2.45) is 0 Å². The Balaban J connectivity index is 1.54. The fourth-order valence-corrected chi connectivity index (χ4v) is 4.94. The third-order valence-electron chi connectivity index (χ3n) is 5.62. The van der Waals surface area contributed by atoms with Crippen molar-refractivity contribution in [2.45, 2.75) is 24.6 Å². The summed E-state index contributed by atoms with van der Waals surface area (Å²) in [5, 5.41) is 25.3. The lowest BCUT2D eigenvalue weighted by atomic mass is 10.1. The van der Waals surface area contributed by atoms with Gasteiger partial charge >= 0.3 is 6.03 Å². The summed E-state index contributed by atoms with van der Waals surface area (Å²) in [6, 6.07) is 11.2. The van der Waals surface area contributed by atoms with E-state index in [1.54, 1.807) is 42.5 Å². The molecular formula is C25H23FIN3O6S. The monoisotopic (exact) mass is 639 g/mol. The fourth-order valence-electron chi connectivity index (χ4n) is 3.74. The van der Waals surface area contributed by atoms with Crippen LogP contribution in [-0.2, 0) is 16.0 Å². The average molecular weight is 639 g/mol. The van der Waals surface area contributed by atoms with Crippen molar-refractivity contribution >= 4 is 57.5 Å². The Morgan fingerprint density at radius 3 is 2.62 bits per heavy atom. The van der Waals surface area contributed by atoms with Gasteiger partial charge in [0.1, 0.15) is 36.4 Å². The van der Waals surface area contributed by atoms with Crippen LogP contribution in [0.25, 0.3) is 0 Å². The van der Waals surface area contributed by atoms with Crippen molar-refractivity contribution in [3.63, 3.8) is 0 Å². The Morgan fingerprint density at radius 2 is 1.97 bits per heavy atom. The second kappa shape index (κ2) is 12.0. The topological polar surface area (TPSA) is 128 Å². The second-order valence-corrected chi connectivity index (χ2v) is 10.5. The molecule has 194 valence electrons. The number of nitrogens with zero attached hydrogens (tertiary/aromatic N) is 1. The Kier molecular flexibility index (Phi) is 8.74. The molecule has 4 N–H and O–H groups in total. The van der Waals surface area contributed by atoms with Gasteiger partial charge < -0.3 is 25.6 Å². The van der Waals surface area contributed by atoms with Crippen molar-refractivity contribution in [3.8, 4) is 5.75 Å². The molecule has 0 unspecified atom stereocenters. The number of carbonyl (C=O) groups is 3. The highest BCUT2D eigenvalue weighted by molar-refractivity contribution is 14.1. The highest BCUT2D eigenvalue weighted by Gasteiger charge is 2.45. The predicted molar refractivity (Wildman–Crippen MR) is 143 cm³/mol. The number of anilines is 1. The van der Waals surface area contributed by atoms with E-state index in [4.69, 9.17) is 9.84 Å². The maximum atomic E-state index is 14.4. The van der Waals surface area contributed by atoms with Crippen LogP contribution in [0.2, 0.25) is 0 Å². The second-order valence-electron chi connectivity index (χ2n) is 8.22. The first-order valence-electron chi connectivity index (χ1n) is 11.2. The lowest BCUT2D eigenvalue weighted by molar-refractivity contribution is -0.134. The number of halogens is 2. The summed E-state index contributed by atoms with van der Waals surface area (Å²) in [5.74, 6) is -1.53. The van der Waals surface area contributed by atoms with Crippen LogP contribution in [0, 0.1) is 9.39 Å². The minimum absolute atomic E-state index is 0.0490. The number of benzene rings is 2. The molecule has 4 amide bonds. The van der Waals surface area contributed by atoms with E-state index in [9.17, 15) is 23.9 Å². The van der Waals surface area contributed by atoms with Crippen LogP contribution in [0.5, 0.6) is 5.75 Å². The molecule has 0 radical (unpaired) electrons. The fraction of sp³-hybridized carbons (Fsp3) is 0.240. The summed E-state index contributed by atoms with van der Waals surface area (Å²) in [6.45, 7) is -0.545. The molecule has 1 aliphatic rings. The molecule has 2 aromatic carbocycles. The number of aliphatic hydroxyl groups excluding tert-OH is 2. The van der Waals surface area contributed by atoms with Crippen molar-refractivity contribution < 1.29 is 33.7 Å². The van der Waals surface area contributed by atoms with E-state index in [1.165, 1.54) is 23.5 Å². The summed E-state index contributed by atoms with van der Waals surface area (Å²) in [4.78, 5) is 41.3. The Bertz CT molecular complexity index is 1270. The van der Waals surface area contributed by atoms with E-state index in [-0.39, 0.29) is 18.7 Å². The summed E-state index contributed by atoms with van der Waals surface area (Å²) in [5.41, 5.74) is 0.418. The number of aliphatic hydroxyl groups is 2. The van der Waals surface area contributed by atoms with Crippen molar-refractivity contribution in [2.75, 3.05) is 18.5 Å². The van der Waals surface area contributed by atoms with Gasteiger partial charge in [-0.25, -0.2) is 14.1 Å². The first kappa shape index (κ1) is 27.0. The molecule has 0 bridgehead atoms. The van der Waals surface area contributed by atoms with Gasteiger partial charge in [0.05, 0.1) is 12.3 Å². The number of nitrogens with one attached hydrogen (secondary N) is 2. The van der Waals surface area contributed by atoms with E-state index in [1.807, 2.05) is 28.0 Å². The number of hydrogen-bond acceptors (Lipinski definition) is 7. The van der Waals surface area contributed by atoms with Gasteiger partial charge in [0, 0.05) is 14.9 Å². The first-order valence-corrected chi connectivity index (χ1v) is 13.2.